The van der Waals surface area contributed by atoms with Crippen LogP contribution in [0.3, 0.4) is 0 Å². The molecule has 1 aromatic heterocycles. The van der Waals surface area contributed by atoms with Crippen molar-refractivity contribution in [3.8, 4) is 0 Å². The molecule has 1 unspecified atom stereocenters. The smallest absolute Gasteiger partial charge is 0.372 e. The summed E-state index contributed by atoms with van der Waals surface area (Å²) in [5, 5.41) is 9.01. The Morgan fingerprint density at radius 2 is 2.42 bits per heavy atom. The molecule has 1 aliphatic heterocycles. The second-order valence-corrected chi connectivity index (χ2v) is 5.20. The van der Waals surface area contributed by atoms with Crippen molar-refractivity contribution in [1.82, 2.24) is 9.80 Å². The molecule has 0 aliphatic carbocycles. The summed E-state index contributed by atoms with van der Waals surface area (Å²) < 4.78 is 5.00. The molecular formula is C14H22N2O3. The predicted octanol–water partition coefficient (Wildman–Crippen LogP) is 1.89. The van der Waals surface area contributed by atoms with Gasteiger partial charge in [0.15, 0.2) is 0 Å². The maximum Gasteiger partial charge on any atom is 0.372 e. The van der Waals surface area contributed by atoms with Gasteiger partial charge in [0.1, 0.15) is 0 Å². The largest absolute Gasteiger partial charge is 0.475 e. The Morgan fingerprint density at radius 1 is 1.63 bits per heavy atom. The summed E-state index contributed by atoms with van der Waals surface area (Å²) in [6.07, 6.45) is 3.94. The van der Waals surface area contributed by atoms with Crippen molar-refractivity contribution in [3.05, 3.63) is 23.7 Å². The highest BCUT2D eigenvalue weighted by Gasteiger charge is 2.24. The number of carbonyl (C=O) groups is 1. The van der Waals surface area contributed by atoms with E-state index in [0.29, 0.717) is 12.6 Å². The monoisotopic (exact) mass is 266 g/mol. The molecule has 0 amide bonds. The topological polar surface area (TPSA) is 56.9 Å². The van der Waals surface area contributed by atoms with E-state index in [2.05, 4.69) is 16.7 Å². The molecule has 5 nitrogen and oxygen atoms in total. The lowest BCUT2D eigenvalue weighted by Gasteiger charge is -2.27. The van der Waals surface area contributed by atoms with Crippen LogP contribution in [0.1, 0.15) is 35.9 Å². The number of furan rings is 1. The third-order valence-corrected chi connectivity index (χ3v) is 3.81. The van der Waals surface area contributed by atoms with Crippen molar-refractivity contribution in [2.75, 3.05) is 26.7 Å². The van der Waals surface area contributed by atoms with Crippen LogP contribution in [0.25, 0.3) is 0 Å². The van der Waals surface area contributed by atoms with Crippen LogP contribution in [0.4, 0.5) is 0 Å². The Morgan fingerprint density at radius 3 is 3.11 bits per heavy atom. The van der Waals surface area contributed by atoms with Gasteiger partial charge in [0.2, 0.25) is 5.76 Å². The lowest BCUT2D eigenvalue weighted by molar-refractivity contribution is 0.0659. The first-order valence-electron chi connectivity index (χ1n) is 6.84. The van der Waals surface area contributed by atoms with Crippen molar-refractivity contribution in [2.45, 2.75) is 32.4 Å². The minimum absolute atomic E-state index is 0.0608. The summed E-state index contributed by atoms with van der Waals surface area (Å²) in [5.41, 5.74) is 0.746. The highest BCUT2D eigenvalue weighted by atomic mass is 16.4. The molecule has 1 aromatic rings. The summed E-state index contributed by atoms with van der Waals surface area (Å²) in [4.78, 5) is 15.7. The molecule has 0 radical (unpaired) electrons. The van der Waals surface area contributed by atoms with Gasteiger partial charge in [-0.15, -0.1) is 0 Å². The first-order chi connectivity index (χ1) is 9.11. The fourth-order valence-corrected chi connectivity index (χ4v) is 2.88. The molecular weight excluding hydrogens is 244 g/mol. The van der Waals surface area contributed by atoms with Gasteiger partial charge in [0.05, 0.1) is 6.26 Å². The van der Waals surface area contributed by atoms with Crippen molar-refractivity contribution in [3.63, 3.8) is 0 Å². The van der Waals surface area contributed by atoms with Crippen LogP contribution in [0.15, 0.2) is 16.7 Å². The van der Waals surface area contributed by atoms with E-state index in [1.807, 2.05) is 7.05 Å². The summed E-state index contributed by atoms with van der Waals surface area (Å²) in [6.45, 7) is 6.05. The number of likely N-dealkylation sites (N-methyl/N-ethyl adjacent to an activating group) is 2. The van der Waals surface area contributed by atoms with Gasteiger partial charge in [0.25, 0.3) is 0 Å². The Kier molecular flexibility index (Phi) is 4.61. The van der Waals surface area contributed by atoms with Gasteiger partial charge in [0, 0.05) is 24.7 Å². The van der Waals surface area contributed by atoms with Crippen molar-refractivity contribution >= 4 is 5.97 Å². The van der Waals surface area contributed by atoms with E-state index in [9.17, 15) is 4.79 Å². The van der Waals surface area contributed by atoms with Crippen LogP contribution in [0, 0.1) is 0 Å². The molecule has 106 valence electrons. The van der Waals surface area contributed by atoms with Crippen LogP contribution in [0.2, 0.25) is 0 Å². The molecule has 1 atom stereocenters. The summed E-state index contributed by atoms with van der Waals surface area (Å²) in [7, 11) is 2.03. The zero-order chi connectivity index (χ0) is 13.8. The Hall–Kier alpha value is -1.33. The zero-order valence-corrected chi connectivity index (χ0v) is 11.6. The van der Waals surface area contributed by atoms with Crippen LogP contribution >= 0.6 is 0 Å². The number of hydrogen-bond donors (Lipinski definition) is 1. The summed E-state index contributed by atoms with van der Waals surface area (Å²) in [5.74, 6) is -0.935. The first kappa shape index (κ1) is 14.1. The number of nitrogens with zero attached hydrogens (tertiary/aromatic N) is 2. The highest BCUT2D eigenvalue weighted by molar-refractivity contribution is 5.86. The summed E-state index contributed by atoms with van der Waals surface area (Å²) >= 11 is 0. The Bertz CT molecular complexity index is 430. The molecule has 1 N–H and O–H groups in total. The SMILES string of the molecule is CCN1CCCC1CN(C)Cc1ccoc1C(=O)O. The lowest BCUT2D eigenvalue weighted by atomic mass is 10.2. The molecule has 0 aromatic carbocycles. The van der Waals surface area contributed by atoms with E-state index < -0.39 is 5.97 Å². The molecule has 5 heteroatoms. The fourth-order valence-electron chi connectivity index (χ4n) is 2.88. The Labute approximate surface area is 113 Å². The van der Waals surface area contributed by atoms with E-state index >= 15 is 0 Å². The van der Waals surface area contributed by atoms with Gasteiger partial charge in [-0.25, -0.2) is 4.79 Å². The number of carboxylic acids is 1. The molecule has 19 heavy (non-hydrogen) atoms. The van der Waals surface area contributed by atoms with Crippen molar-refractivity contribution in [2.24, 2.45) is 0 Å². The first-order valence-corrected chi connectivity index (χ1v) is 6.84. The van der Waals surface area contributed by atoms with Crippen LogP contribution in [-0.2, 0) is 6.54 Å². The molecule has 0 saturated carbocycles. The van der Waals surface area contributed by atoms with Crippen molar-refractivity contribution in [1.29, 1.82) is 0 Å². The number of rotatable bonds is 6. The van der Waals surface area contributed by atoms with Gasteiger partial charge in [-0.3, -0.25) is 4.90 Å². The van der Waals surface area contributed by atoms with Crippen LogP contribution < -0.4 is 0 Å². The lowest BCUT2D eigenvalue weighted by Crippen LogP contribution is -2.38. The van der Waals surface area contributed by atoms with E-state index in [0.717, 1.165) is 18.7 Å². The average molecular weight is 266 g/mol. The molecule has 0 bridgehead atoms. The fraction of sp³-hybridized carbons (Fsp3) is 0.643. The molecule has 1 aliphatic rings. The molecule has 0 spiro atoms. The van der Waals surface area contributed by atoms with E-state index in [1.165, 1.54) is 25.6 Å². The van der Waals surface area contributed by atoms with Gasteiger partial charge < -0.3 is 14.4 Å². The summed E-state index contributed by atoms with van der Waals surface area (Å²) in [6, 6.07) is 2.34. The van der Waals surface area contributed by atoms with E-state index in [1.54, 1.807) is 6.07 Å². The van der Waals surface area contributed by atoms with Crippen LogP contribution in [-0.4, -0.2) is 53.6 Å². The van der Waals surface area contributed by atoms with E-state index in [-0.39, 0.29) is 5.76 Å². The molecule has 2 heterocycles. The maximum atomic E-state index is 11.0. The quantitative estimate of drug-likeness (QED) is 0.852. The second-order valence-electron chi connectivity index (χ2n) is 5.20. The Balaban J connectivity index is 1.92. The number of carboxylic acid groups (broad SMARTS) is 1. The number of hydrogen-bond acceptors (Lipinski definition) is 4. The van der Waals surface area contributed by atoms with Gasteiger partial charge >= 0.3 is 5.97 Å². The third-order valence-electron chi connectivity index (χ3n) is 3.81. The maximum absolute atomic E-state index is 11.0. The molecule has 1 saturated heterocycles. The predicted molar refractivity (Wildman–Crippen MR) is 72.3 cm³/mol. The number of likely N-dealkylation sites (tertiary alicyclic amines) is 1. The number of aromatic carboxylic acids is 1. The zero-order valence-electron chi connectivity index (χ0n) is 11.6. The average Bonchev–Trinajstić information content (AvgIpc) is 2.97. The standard InChI is InChI=1S/C14H22N2O3/c1-3-16-7-4-5-12(16)10-15(2)9-11-6-8-19-13(11)14(17)18/h6,8,12H,3-5,7,9-10H2,1-2H3,(H,17,18). The minimum atomic E-state index is -0.996. The van der Waals surface area contributed by atoms with Crippen molar-refractivity contribution < 1.29 is 14.3 Å². The third kappa shape index (κ3) is 3.36. The van der Waals surface area contributed by atoms with Gasteiger partial charge in [-0.2, -0.15) is 0 Å². The normalized spacial score (nSPS) is 20.3. The minimum Gasteiger partial charge on any atom is -0.475 e. The van der Waals surface area contributed by atoms with E-state index in [4.69, 9.17) is 9.52 Å². The van der Waals surface area contributed by atoms with Crippen LogP contribution in [0.5, 0.6) is 0 Å². The highest BCUT2D eigenvalue weighted by Crippen LogP contribution is 2.19. The molecule has 1 fully saturated rings. The molecule has 2 rings (SSSR count). The van der Waals surface area contributed by atoms with Gasteiger partial charge in [-0.1, -0.05) is 6.92 Å². The second kappa shape index (κ2) is 6.21. The van der Waals surface area contributed by atoms with Gasteiger partial charge in [-0.05, 0) is 39.0 Å².